The summed E-state index contributed by atoms with van der Waals surface area (Å²) >= 11 is 0. The molecular weight excluding hydrogens is 440 g/mol. The van der Waals surface area contributed by atoms with Crippen molar-refractivity contribution in [2.24, 2.45) is 0 Å². The predicted molar refractivity (Wildman–Crippen MR) is 135 cm³/mol. The Hall–Kier alpha value is -2.73. The molecule has 0 amide bonds. The van der Waals surface area contributed by atoms with Crippen molar-refractivity contribution in [1.29, 1.82) is 0 Å². The van der Waals surface area contributed by atoms with Gasteiger partial charge in [-0.15, -0.1) is 13.2 Å². The number of aryl methyl sites for hydroxylation is 2. The lowest BCUT2D eigenvalue weighted by Gasteiger charge is -2.19. The third-order valence-corrected chi connectivity index (χ3v) is 5.33. The van der Waals surface area contributed by atoms with Gasteiger partial charge in [-0.3, -0.25) is 9.13 Å². The van der Waals surface area contributed by atoms with Crippen LogP contribution < -0.4 is 20.2 Å². The van der Waals surface area contributed by atoms with Gasteiger partial charge in [0.2, 0.25) is 28.4 Å². The highest BCUT2D eigenvalue weighted by Gasteiger charge is 2.20. The second-order valence-electron chi connectivity index (χ2n) is 9.33. The molecule has 0 N–H and O–H groups in total. The maximum atomic E-state index is 11.6. The molecule has 2 rings (SSSR count). The molecule has 0 unspecified atom stereocenters. The van der Waals surface area contributed by atoms with E-state index < -0.39 is 16.6 Å². The molecule has 2 heterocycles. The topological polar surface area (TPSA) is 88.2 Å². The minimum absolute atomic E-state index is 0.293. The highest BCUT2D eigenvalue weighted by Crippen LogP contribution is 2.16. The van der Waals surface area contributed by atoms with Crippen LogP contribution in [0.5, 0.6) is 11.8 Å². The van der Waals surface area contributed by atoms with E-state index in [9.17, 15) is 9.59 Å². The van der Waals surface area contributed by atoms with Gasteiger partial charge >= 0.3 is 11.4 Å². The molecule has 10 heteroatoms. The van der Waals surface area contributed by atoms with Gasteiger partial charge in [0.25, 0.3) is 0 Å². The molecule has 0 radical (unpaired) electrons. The summed E-state index contributed by atoms with van der Waals surface area (Å²) in [6, 6.07) is 0. The van der Waals surface area contributed by atoms with Gasteiger partial charge in [0.05, 0.1) is 0 Å². The summed E-state index contributed by atoms with van der Waals surface area (Å²) in [6.45, 7) is 24.3. The molecule has 0 saturated carbocycles. The van der Waals surface area contributed by atoms with E-state index in [1.165, 1.54) is 9.13 Å². The number of hydrogen-bond donors (Lipinski definition) is 0. The lowest BCUT2D eigenvalue weighted by molar-refractivity contribution is 0.515. The number of rotatable bonds is 8. The average Bonchev–Trinajstić information content (AvgIpc) is 2.62. The highest BCUT2D eigenvalue weighted by atomic mass is 28.4. The molecule has 0 aliphatic heterocycles. The Morgan fingerprint density at radius 3 is 1.34 bits per heavy atom. The van der Waals surface area contributed by atoms with Crippen molar-refractivity contribution in [1.82, 2.24) is 19.1 Å². The number of hydrogen-bond acceptors (Lipinski definition) is 6. The third kappa shape index (κ3) is 9.19. The van der Waals surface area contributed by atoms with Crippen molar-refractivity contribution >= 4 is 16.6 Å². The molecule has 176 valence electrons. The molecule has 0 atom stereocenters. The Balaban J connectivity index is 0.000000320. The van der Waals surface area contributed by atoms with Gasteiger partial charge in [-0.1, -0.05) is 12.2 Å². The normalized spacial score (nSPS) is 11.2. The first-order valence-corrected chi connectivity index (χ1v) is 17.2. The van der Waals surface area contributed by atoms with Gasteiger partial charge in [0, 0.05) is 36.6 Å². The smallest absolute Gasteiger partial charge is 0.351 e. The summed E-state index contributed by atoms with van der Waals surface area (Å²) in [5, 5.41) is 0. The fourth-order valence-corrected chi connectivity index (χ4v) is 4.07. The molecule has 0 aliphatic carbocycles. The Morgan fingerprint density at radius 2 is 1.09 bits per heavy atom. The van der Waals surface area contributed by atoms with Crippen LogP contribution in [0.3, 0.4) is 0 Å². The zero-order chi connectivity index (χ0) is 24.7. The molecular formula is C22H36N4O4Si2. The standard InChI is InChI=1S/2C11H18N2O2Si/c2*1-6-7-13-8-9(2)10(12-11(13)14)15-16(3,4)5/h2*6,8H,1,7H2,2-5H3. The van der Waals surface area contributed by atoms with E-state index in [1.54, 1.807) is 24.5 Å². The van der Waals surface area contributed by atoms with Crippen LogP contribution >= 0.6 is 0 Å². The van der Waals surface area contributed by atoms with Crippen molar-refractivity contribution in [3.8, 4) is 11.8 Å². The molecule has 32 heavy (non-hydrogen) atoms. The fraction of sp³-hybridized carbons (Fsp3) is 0.455. The molecule has 0 saturated heterocycles. The van der Waals surface area contributed by atoms with Crippen LogP contribution in [0.25, 0.3) is 0 Å². The van der Waals surface area contributed by atoms with Crippen molar-refractivity contribution in [2.75, 3.05) is 0 Å². The van der Waals surface area contributed by atoms with E-state index in [1.807, 2.05) is 13.8 Å². The summed E-state index contributed by atoms with van der Waals surface area (Å²) in [5.74, 6) is 0.925. The monoisotopic (exact) mass is 476 g/mol. The Labute approximate surface area is 192 Å². The lowest BCUT2D eigenvalue weighted by Crippen LogP contribution is -2.32. The molecule has 0 aromatic carbocycles. The molecule has 0 spiro atoms. The van der Waals surface area contributed by atoms with Crippen molar-refractivity contribution in [3.05, 3.63) is 69.8 Å². The largest absolute Gasteiger partial charge is 0.531 e. The van der Waals surface area contributed by atoms with Gasteiger partial charge in [-0.25, -0.2) is 9.59 Å². The minimum atomic E-state index is -1.72. The molecule has 2 aromatic rings. The lowest BCUT2D eigenvalue weighted by atomic mass is 10.4. The maximum absolute atomic E-state index is 11.6. The molecule has 0 fully saturated rings. The van der Waals surface area contributed by atoms with Gasteiger partial charge in [-0.05, 0) is 53.1 Å². The Bertz CT molecular complexity index is 978. The van der Waals surface area contributed by atoms with Gasteiger partial charge < -0.3 is 8.85 Å². The van der Waals surface area contributed by atoms with Crippen LogP contribution in [0.4, 0.5) is 0 Å². The van der Waals surface area contributed by atoms with Gasteiger partial charge in [0.15, 0.2) is 0 Å². The van der Waals surface area contributed by atoms with Crippen LogP contribution in [-0.4, -0.2) is 35.7 Å². The molecule has 0 aliphatic rings. The number of allylic oxidation sites excluding steroid dienone is 2. The van der Waals surface area contributed by atoms with Crippen LogP contribution in [0.2, 0.25) is 39.3 Å². The summed E-state index contributed by atoms with van der Waals surface area (Å²) in [4.78, 5) is 31.1. The van der Waals surface area contributed by atoms with Crippen LogP contribution in [-0.2, 0) is 13.1 Å². The van der Waals surface area contributed by atoms with E-state index in [0.29, 0.717) is 24.8 Å². The molecule has 2 aromatic heterocycles. The first kappa shape index (κ1) is 27.3. The Morgan fingerprint density at radius 1 is 0.781 bits per heavy atom. The quantitative estimate of drug-likeness (QED) is 0.424. The summed E-state index contributed by atoms with van der Waals surface area (Å²) < 4.78 is 14.5. The van der Waals surface area contributed by atoms with E-state index >= 15 is 0 Å². The van der Waals surface area contributed by atoms with Crippen LogP contribution in [0.1, 0.15) is 11.1 Å². The highest BCUT2D eigenvalue weighted by molar-refractivity contribution is 6.70. The van der Waals surface area contributed by atoms with E-state index in [4.69, 9.17) is 8.85 Å². The summed E-state index contributed by atoms with van der Waals surface area (Å²) in [5.41, 5.74) is 1.17. The summed E-state index contributed by atoms with van der Waals surface area (Å²) in [7, 11) is -3.44. The van der Waals surface area contributed by atoms with Crippen LogP contribution in [0, 0.1) is 13.8 Å². The number of aromatic nitrogens is 4. The maximum Gasteiger partial charge on any atom is 0.351 e. The number of nitrogens with zero attached hydrogens (tertiary/aromatic N) is 4. The minimum Gasteiger partial charge on any atom is -0.531 e. The van der Waals surface area contributed by atoms with Gasteiger partial charge in [-0.2, -0.15) is 9.97 Å². The zero-order valence-electron chi connectivity index (χ0n) is 20.6. The van der Waals surface area contributed by atoms with E-state index in [2.05, 4.69) is 62.4 Å². The predicted octanol–water partition coefficient (Wildman–Crippen LogP) is 3.90. The second kappa shape index (κ2) is 11.2. The van der Waals surface area contributed by atoms with Gasteiger partial charge in [0.1, 0.15) is 0 Å². The first-order chi connectivity index (χ1) is 14.7. The molecule has 8 nitrogen and oxygen atoms in total. The fourth-order valence-electron chi connectivity index (χ4n) is 2.49. The van der Waals surface area contributed by atoms with Crippen molar-refractivity contribution in [3.63, 3.8) is 0 Å². The average molecular weight is 477 g/mol. The third-order valence-electron chi connectivity index (χ3n) is 3.72. The van der Waals surface area contributed by atoms with E-state index in [-0.39, 0.29) is 11.4 Å². The second-order valence-corrected chi connectivity index (χ2v) is 18.2. The zero-order valence-corrected chi connectivity index (χ0v) is 22.6. The van der Waals surface area contributed by atoms with E-state index in [0.717, 1.165) is 11.1 Å². The first-order valence-electron chi connectivity index (χ1n) is 10.4. The van der Waals surface area contributed by atoms with Crippen molar-refractivity contribution in [2.45, 2.75) is 66.2 Å². The molecule has 0 bridgehead atoms. The summed E-state index contributed by atoms with van der Waals surface area (Å²) in [6.07, 6.45) is 6.85. The van der Waals surface area contributed by atoms with Crippen LogP contribution in [0.15, 0.2) is 47.3 Å². The Kier molecular flexibility index (Phi) is 9.58. The van der Waals surface area contributed by atoms with Crippen molar-refractivity contribution < 1.29 is 8.85 Å². The SMILES string of the molecule is C=CCn1cc(C)c(O[Si](C)(C)C)nc1=O.C=CCn1cc(C)c(O[Si](C)(C)C)nc1=O.